The van der Waals surface area contributed by atoms with Crippen LogP contribution in [0.25, 0.3) is 0 Å². The molecular weight excluding hydrogens is 376 g/mol. The molecule has 2 saturated heterocycles. The van der Waals surface area contributed by atoms with Crippen LogP contribution in [-0.2, 0) is 11.3 Å². The quantitative estimate of drug-likeness (QED) is 0.608. The zero-order valence-electron chi connectivity index (χ0n) is 17.3. The van der Waals surface area contributed by atoms with Crippen molar-refractivity contribution in [1.29, 1.82) is 0 Å². The number of hydrogen-bond donors (Lipinski definition) is 2. The third kappa shape index (κ3) is 4.14. The van der Waals surface area contributed by atoms with E-state index in [1.807, 2.05) is 4.68 Å². The summed E-state index contributed by atoms with van der Waals surface area (Å²) >= 11 is 0. The van der Waals surface area contributed by atoms with E-state index in [0.29, 0.717) is 0 Å². The van der Waals surface area contributed by atoms with Gasteiger partial charge in [-0.05, 0) is 35.4 Å². The Bertz CT molecular complexity index is 917. The molecule has 0 radical (unpaired) electrons. The normalized spacial score (nSPS) is 25.3. The maximum Gasteiger partial charge on any atom is 0.214 e. The molecule has 2 N–H and O–H groups in total. The van der Waals surface area contributed by atoms with Crippen LogP contribution in [0.1, 0.15) is 30.3 Å². The van der Waals surface area contributed by atoms with Gasteiger partial charge in [0.05, 0.1) is 12.6 Å². The molecule has 156 valence electrons. The zero-order chi connectivity index (χ0) is 20.2. The maximum absolute atomic E-state index is 5.85. The standard InChI is InChI=1S/C23H28N6O/c1-3-8-19(9-4-1)22(23-24-25-26-29(23)18-21-12-7-17-30-21)28-15-13-27(14-16-28)20-10-5-2-6-11-20/h1-6,8-11,21-22H,7,12-18H2/p+2/t21-,22+/m1/s1. The number of hydrogen-bond acceptors (Lipinski definition) is 4. The minimum atomic E-state index is 0.139. The predicted octanol–water partition coefficient (Wildman–Crippen LogP) is 0.0566. The molecule has 2 atom stereocenters. The van der Waals surface area contributed by atoms with Crippen molar-refractivity contribution in [2.45, 2.75) is 31.5 Å². The average Bonchev–Trinajstić information content (AvgIpc) is 3.49. The monoisotopic (exact) mass is 406 g/mol. The highest BCUT2D eigenvalue weighted by Gasteiger charge is 2.36. The first-order valence-electron chi connectivity index (χ1n) is 11.1. The third-order valence-corrected chi connectivity index (χ3v) is 6.44. The van der Waals surface area contributed by atoms with Gasteiger partial charge < -0.3 is 9.64 Å². The summed E-state index contributed by atoms with van der Waals surface area (Å²) in [5.41, 5.74) is 2.66. The van der Waals surface area contributed by atoms with E-state index in [1.165, 1.54) is 16.2 Å². The van der Waals surface area contributed by atoms with Gasteiger partial charge in [-0.15, -0.1) is 5.10 Å². The second kappa shape index (κ2) is 9.04. The van der Waals surface area contributed by atoms with Crippen LogP contribution >= 0.6 is 0 Å². The van der Waals surface area contributed by atoms with E-state index in [9.17, 15) is 0 Å². The fourth-order valence-corrected chi connectivity index (χ4v) is 4.87. The van der Waals surface area contributed by atoms with Crippen molar-refractivity contribution in [2.75, 3.05) is 32.8 Å². The summed E-state index contributed by atoms with van der Waals surface area (Å²) in [5, 5.41) is 12.9. The molecule has 3 aromatic rings. The van der Waals surface area contributed by atoms with E-state index in [-0.39, 0.29) is 12.1 Å². The SMILES string of the molecule is c1ccc([C@@H](c2nnnn2C[C@H]2CCCO2)[NH+]2CC[NH+](c3ccccc3)CC2)cc1. The lowest BCUT2D eigenvalue weighted by Crippen LogP contribution is -3.26. The van der Waals surface area contributed by atoms with E-state index < -0.39 is 0 Å². The molecular formula is C23H30N6O+2. The molecule has 30 heavy (non-hydrogen) atoms. The summed E-state index contributed by atoms with van der Waals surface area (Å²) in [6, 6.07) is 21.7. The van der Waals surface area contributed by atoms with Crippen molar-refractivity contribution in [1.82, 2.24) is 20.2 Å². The topological polar surface area (TPSA) is 61.7 Å². The minimum absolute atomic E-state index is 0.139. The molecule has 3 heterocycles. The largest absolute Gasteiger partial charge is 0.376 e. The van der Waals surface area contributed by atoms with Gasteiger partial charge in [0, 0.05) is 12.2 Å². The Labute approximate surface area is 177 Å². The van der Waals surface area contributed by atoms with Crippen LogP contribution in [0.15, 0.2) is 60.7 Å². The van der Waals surface area contributed by atoms with E-state index in [0.717, 1.165) is 58.0 Å². The van der Waals surface area contributed by atoms with E-state index in [2.05, 4.69) is 76.2 Å². The van der Waals surface area contributed by atoms with Crippen LogP contribution in [0.2, 0.25) is 0 Å². The molecule has 7 nitrogen and oxygen atoms in total. The smallest absolute Gasteiger partial charge is 0.214 e. The number of piperazine rings is 1. The van der Waals surface area contributed by atoms with Gasteiger partial charge >= 0.3 is 0 Å². The fourth-order valence-electron chi connectivity index (χ4n) is 4.87. The van der Waals surface area contributed by atoms with Crippen LogP contribution in [0.3, 0.4) is 0 Å². The molecule has 7 heteroatoms. The number of quaternary nitrogens is 2. The average molecular weight is 407 g/mol. The summed E-state index contributed by atoms with van der Waals surface area (Å²) in [7, 11) is 0. The van der Waals surface area contributed by atoms with Gasteiger partial charge in [-0.2, -0.15) is 0 Å². The van der Waals surface area contributed by atoms with Crippen molar-refractivity contribution in [3.8, 4) is 0 Å². The van der Waals surface area contributed by atoms with Crippen molar-refractivity contribution in [3.63, 3.8) is 0 Å². The van der Waals surface area contributed by atoms with Crippen LogP contribution in [0, 0.1) is 0 Å². The number of para-hydroxylation sites is 1. The number of ether oxygens (including phenoxy) is 1. The van der Waals surface area contributed by atoms with Crippen molar-refractivity contribution in [3.05, 3.63) is 72.1 Å². The molecule has 0 amide bonds. The number of tetrazole rings is 1. The lowest BCUT2D eigenvalue weighted by molar-refractivity contribution is -1.00. The second-order valence-corrected chi connectivity index (χ2v) is 8.33. The van der Waals surface area contributed by atoms with Gasteiger partial charge in [0.2, 0.25) is 5.82 Å². The minimum Gasteiger partial charge on any atom is -0.376 e. The summed E-state index contributed by atoms with van der Waals surface area (Å²) < 4.78 is 7.83. The van der Waals surface area contributed by atoms with E-state index >= 15 is 0 Å². The molecule has 0 aliphatic carbocycles. The van der Waals surface area contributed by atoms with E-state index in [1.54, 1.807) is 4.90 Å². The number of nitrogens with zero attached hydrogens (tertiary/aromatic N) is 4. The highest BCUT2D eigenvalue weighted by atomic mass is 16.5. The Kier molecular flexibility index (Phi) is 5.83. The third-order valence-electron chi connectivity index (χ3n) is 6.44. The maximum atomic E-state index is 5.85. The van der Waals surface area contributed by atoms with Crippen LogP contribution < -0.4 is 9.80 Å². The molecule has 2 aliphatic heterocycles. The summed E-state index contributed by atoms with van der Waals surface area (Å²) in [5.74, 6) is 0.954. The fraction of sp³-hybridized carbons (Fsp3) is 0.435. The lowest BCUT2D eigenvalue weighted by atomic mass is 10.0. The molecule has 2 aliphatic rings. The predicted molar refractivity (Wildman–Crippen MR) is 113 cm³/mol. The van der Waals surface area contributed by atoms with Gasteiger partial charge in [0.1, 0.15) is 31.9 Å². The molecule has 2 fully saturated rings. The van der Waals surface area contributed by atoms with Crippen LogP contribution in [-0.4, -0.2) is 59.1 Å². The molecule has 2 aromatic carbocycles. The first-order chi connectivity index (χ1) is 14.9. The molecule has 0 saturated carbocycles. The van der Waals surface area contributed by atoms with Crippen LogP contribution in [0.5, 0.6) is 0 Å². The van der Waals surface area contributed by atoms with Gasteiger partial charge in [0.25, 0.3) is 0 Å². The van der Waals surface area contributed by atoms with Gasteiger partial charge in [-0.3, -0.25) is 4.90 Å². The van der Waals surface area contributed by atoms with Crippen molar-refractivity contribution < 1.29 is 14.5 Å². The summed E-state index contributed by atoms with van der Waals surface area (Å²) in [6.07, 6.45) is 2.43. The first kappa shape index (κ1) is 19.4. The zero-order valence-corrected chi connectivity index (χ0v) is 17.3. The Hall–Kier alpha value is -2.61. The number of benzene rings is 2. The second-order valence-electron chi connectivity index (χ2n) is 8.33. The number of aromatic nitrogens is 4. The summed E-state index contributed by atoms with van der Waals surface area (Å²) in [4.78, 5) is 3.09. The Morgan fingerprint density at radius 1 is 0.967 bits per heavy atom. The Balaban J connectivity index is 1.38. The molecule has 0 unspecified atom stereocenters. The molecule has 5 rings (SSSR count). The van der Waals surface area contributed by atoms with Crippen LogP contribution in [0.4, 0.5) is 5.69 Å². The summed E-state index contributed by atoms with van der Waals surface area (Å²) in [6.45, 7) is 5.96. The Morgan fingerprint density at radius 3 is 2.40 bits per heavy atom. The lowest BCUT2D eigenvalue weighted by Gasteiger charge is -2.34. The van der Waals surface area contributed by atoms with Crippen molar-refractivity contribution >= 4 is 5.69 Å². The van der Waals surface area contributed by atoms with E-state index in [4.69, 9.17) is 4.74 Å². The number of rotatable bonds is 6. The molecule has 0 bridgehead atoms. The highest BCUT2D eigenvalue weighted by molar-refractivity contribution is 5.28. The van der Waals surface area contributed by atoms with Crippen molar-refractivity contribution in [2.24, 2.45) is 0 Å². The van der Waals surface area contributed by atoms with Gasteiger partial charge in [0.15, 0.2) is 6.04 Å². The van der Waals surface area contributed by atoms with Gasteiger partial charge in [-0.1, -0.05) is 48.5 Å². The first-order valence-corrected chi connectivity index (χ1v) is 11.1. The Morgan fingerprint density at radius 2 is 1.70 bits per heavy atom. The number of nitrogens with one attached hydrogen (secondary N) is 2. The molecule has 1 aromatic heterocycles. The highest BCUT2D eigenvalue weighted by Crippen LogP contribution is 2.19. The van der Waals surface area contributed by atoms with Gasteiger partial charge in [-0.25, -0.2) is 4.68 Å². The molecule has 0 spiro atoms.